The molecule has 9 rings (SSSR count). The molecule has 0 radical (unpaired) electrons. The van der Waals surface area contributed by atoms with Crippen LogP contribution in [0.15, 0.2) is 76.8 Å². The molecule has 14 nitrogen and oxygen atoms in total. The first-order chi connectivity index (χ1) is 29.0. The van der Waals surface area contributed by atoms with Gasteiger partial charge in [-0.15, -0.1) is 21.5 Å². The maximum atomic E-state index is 14.1. The molecule has 15 heteroatoms. The third-order valence-corrected chi connectivity index (χ3v) is 13.4. The Morgan fingerprint density at radius 3 is 2.55 bits per heavy atom. The predicted molar refractivity (Wildman–Crippen MR) is 226 cm³/mol. The maximum Gasteiger partial charge on any atom is 0.254 e. The number of aliphatic hydroxyl groups excluding tert-OH is 1. The number of para-hydroxylation sites is 1. The second kappa shape index (κ2) is 16.4. The van der Waals surface area contributed by atoms with Crippen LogP contribution < -0.4 is 10.1 Å². The number of aromatic nitrogens is 5. The number of hydrogen-bond donors (Lipinski definition) is 4. The van der Waals surface area contributed by atoms with Gasteiger partial charge in [-0.2, -0.15) is 0 Å². The van der Waals surface area contributed by atoms with Crippen LogP contribution in [0.5, 0.6) is 11.6 Å². The third-order valence-electron chi connectivity index (χ3n) is 12.5. The zero-order chi connectivity index (χ0) is 41.7. The van der Waals surface area contributed by atoms with Crippen LogP contribution in [0, 0.1) is 24.7 Å². The lowest BCUT2D eigenvalue weighted by molar-refractivity contribution is -0.141. The Labute approximate surface area is 352 Å². The summed E-state index contributed by atoms with van der Waals surface area (Å²) in [5.74, 6) is 1.08. The van der Waals surface area contributed by atoms with Gasteiger partial charge in [-0.1, -0.05) is 50.2 Å². The van der Waals surface area contributed by atoms with Gasteiger partial charge in [-0.3, -0.25) is 9.59 Å². The lowest BCUT2D eigenvalue weighted by Gasteiger charge is -2.29. The number of carbonyl (C=O) groups excluding carboxylic acids is 2. The molecule has 0 spiro atoms. The zero-order valence-corrected chi connectivity index (χ0v) is 34.9. The van der Waals surface area contributed by atoms with Crippen LogP contribution in [0.4, 0.5) is 0 Å². The minimum atomic E-state index is -0.818. The molecule has 4 aromatic heterocycles. The normalized spacial score (nSPS) is 22.3. The molecule has 1 saturated carbocycles. The Morgan fingerprint density at radius 1 is 1.03 bits per heavy atom. The smallest absolute Gasteiger partial charge is 0.254 e. The van der Waals surface area contributed by atoms with Gasteiger partial charge in [0.25, 0.3) is 5.88 Å². The molecule has 1 aliphatic carbocycles. The van der Waals surface area contributed by atoms with E-state index in [0.717, 1.165) is 58.8 Å². The van der Waals surface area contributed by atoms with Gasteiger partial charge in [0.15, 0.2) is 11.4 Å². The number of benzene rings is 2. The molecular formula is C45H50N8O6S. The summed E-state index contributed by atoms with van der Waals surface area (Å²) in [5.41, 5.74) is 8.09. The Hall–Kier alpha value is -5.64. The molecule has 6 heterocycles. The number of nitrogens with zero attached hydrogens (tertiary/aromatic N) is 6. The summed E-state index contributed by atoms with van der Waals surface area (Å²) >= 11 is 1.59. The summed E-state index contributed by atoms with van der Waals surface area (Å²) in [4.78, 5) is 40.7. The van der Waals surface area contributed by atoms with E-state index >= 15 is 0 Å². The number of piperidine rings is 1. The number of rotatable bonds is 14. The third kappa shape index (κ3) is 7.88. The number of thiazole rings is 1. The molecule has 312 valence electrons. The first-order valence-electron chi connectivity index (χ1n) is 20.8. The number of aryl methyl sites for hydroxylation is 1. The number of ether oxygens (including phenoxy) is 1. The number of β-amino-alcohol motifs (C(OH)–C–C–N with tert-alkyl or cyclic N) is 1. The Morgan fingerprint density at radius 2 is 1.82 bits per heavy atom. The summed E-state index contributed by atoms with van der Waals surface area (Å²) < 4.78 is 11.7. The lowest BCUT2D eigenvalue weighted by Crippen LogP contribution is -2.48. The van der Waals surface area contributed by atoms with Gasteiger partial charge in [0.2, 0.25) is 11.8 Å². The van der Waals surface area contributed by atoms with Crippen LogP contribution in [0.3, 0.4) is 0 Å². The fourth-order valence-electron chi connectivity index (χ4n) is 9.28. The fourth-order valence-corrected chi connectivity index (χ4v) is 10.1. The number of amides is 2. The van der Waals surface area contributed by atoms with Crippen molar-refractivity contribution in [2.45, 2.75) is 70.6 Å². The van der Waals surface area contributed by atoms with E-state index in [1.165, 1.54) is 10.6 Å². The fraction of sp³-hybridized carbons (Fsp3) is 0.422. The number of aliphatic hydroxyl groups is 1. The zero-order valence-electron chi connectivity index (χ0n) is 34.1. The number of phenols is 1. The molecule has 0 unspecified atom stereocenters. The van der Waals surface area contributed by atoms with E-state index in [-0.39, 0.29) is 42.5 Å². The van der Waals surface area contributed by atoms with Crippen molar-refractivity contribution >= 4 is 34.2 Å². The Balaban J connectivity index is 0.751. The van der Waals surface area contributed by atoms with E-state index < -0.39 is 18.1 Å². The van der Waals surface area contributed by atoms with Gasteiger partial charge in [-0.25, -0.2) is 4.98 Å². The monoisotopic (exact) mass is 830 g/mol. The number of aromatic amines is 1. The van der Waals surface area contributed by atoms with Crippen molar-refractivity contribution in [1.29, 1.82) is 0 Å². The van der Waals surface area contributed by atoms with Gasteiger partial charge in [0.05, 0.1) is 40.5 Å². The van der Waals surface area contributed by atoms with Gasteiger partial charge in [0.1, 0.15) is 17.7 Å². The van der Waals surface area contributed by atoms with Crippen LogP contribution in [-0.4, -0.2) is 102 Å². The SMILES string of the molecule is Cc1ncsc1-c1ccc([C@H](C)NC(=O)[C@@H]2C[C@@H](O)CN2C(=O)[C@H](c2cc(OCCCN3C[C@@H]4[C@H](C3)[C@H]4c3cc4cc(-c5ccccc5O)nnc4[nH]3)no2)C(C)C)cc1. The van der Waals surface area contributed by atoms with E-state index in [1.807, 2.05) is 75.7 Å². The molecule has 4 N–H and O–H groups in total. The van der Waals surface area contributed by atoms with E-state index in [9.17, 15) is 19.8 Å². The summed E-state index contributed by atoms with van der Waals surface area (Å²) in [6.07, 6.45) is 0.154. The first-order valence-corrected chi connectivity index (χ1v) is 21.7. The molecule has 0 bridgehead atoms. The van der Waals surface area contributed by atoms with Crippen molar-refractivity contribution in [2.24, 2.45) is 17.8 Å². The summed E-state index contributed by atoms with van der Waals surface area (Å²) in [7, 11) is 0. The number of hydrogen-bond acceptors (Lipinski definition) is 12. The van der Waals surface area contributed by atoms with Crippen molar-refractivity contribution < 1.29 is 29.1 Å². The molecule has 2 saturated heterocycles. The average molecular weight is 831 g/mol. The maximum absolute atomic E-state index is 14.1. The van der Waals surface area contributed by atoms with Crippen molar-refractivity contribution in [3.05, 3.63) is 95.0 Å². The topological polar surface area (TPSA) is 183 Å². The van der Waals surface area contributed by atoms with Crippen molar-refractivity contribution in [1.82, 2.24) is 40.4 Å². The molecule has 2 aliphatic heterocycles. The Bertz CT molecular complexity index is 2490. The Kier molecular flexibility index (Phi) is 10.9. The van der Waals surface area contributed by atoms with Crippen LogP contribution in [0.25, 0.3) is 32.7 Å². The van der Waals surface area contributed by atoms with Crippen molar-refractivity contribution in [3.8, 4) is 33.3 Å². The largest absolute Gasteiger partial charge is 0.507 e. The van der Waals surface area contributed by atoms with Gasteiger partial charge in [-0.05, 0) is 78.6 Å². The van der Waals surface area contributed by atoms with Crippen LogP contribution in [0.1, 0.15) is 74.2 Å². The number of fused-ring (bicyclic) bond motifs is 2. The van der Waals surface area contributed by atoms with E-state index in [0.29, 0.717) is 47.3 Å². The second-order valence-corrected chi connectivity index (χ2v) is 17.7. The minimum absolute atomic E-state index is 0.0615. The molecule has 6 aromatic rings. The van der Waals surface area contributed by atoms with Crippen LogP contribution in [-0.2, 0) is 9.59 Å². The number of likely N-dealkylation sites (tertiary alicyclic amines) is 2. The predicted octanol–water partition coefficient (Wildman–Crippen LogP) is 6.44. The highest BCUT2D eigenvalue weighted by Gasteiger charge is 2.56. The molecule has 7 atom stereocenters. The second-order valence-electron chi connectivity index (χ2n) is 16.9. The van der Waals surface area contributed by atoms with Crippen molar-refractivity contribution in [3.63, 3.8) is 0 Å². The molecule has 2 amide bonds. The number of nitrogens with one attached hydrogen (secondary N) is 2. The summed E-state index contributed by atoms with van der Waals surface area (Å²) in [5, 5.41) is 37.9. The average Bonchev–Trinajstić information content (AvgIpc) is 3.93. The van der Waals surface area contributed by atoms with Crippen molar-refractivity contribution in [2.75, 3.05) is 32.8 Å². The van der Waals surface area contributed by atoms with Gasteiger partial charge >= 0.3 is 0 Å². The number of aromatic hydroxyl groups is 1. The van der Waals surface area contributed by atoms with Crippen LogP contribution in [0.2, 0.25) is 0 Å². The minimum Gasteiger partial charge on any atom is -0.507 e. The highest BCUT2D eigenvalue weighted by molar-refractivity contribution is 7.13. The molecule has 60 heavy (non-hydrogen) atoms. The number of phenolic OH excluding ortho intramolecular Hbond substituents is 1. The standard InChI is InChI=1S/C45H50N8O6S/c1-24(2)40(45(57)53-20-30(54)18-36(53)44(56)47-25(3)27-10-12-28(13-11-27)42-26(4)46-23-60-42)38-19-39(51-59-38)58-15-7-14-52-21-32-33(22-52)41(32)35-17-29-16-34(49-50-43(29)48-35)31-8-5-6-9-37(31)55/h5-6,8-13,16-17,19,23-25,30,32-33,36,40-41,54-55H,7,14-15,18,20-22H2,1-4H3,(H,47,56)(H,48,50)/t25-,30+,32-,33+,36-,40-,41+/m0/s1. The number of carbonyl (C=O) groups is 2. The lowest BCUT2D eigenvalue weighted by atomic mass is 9.91. The molecular weight excluding hydrogens is 781 g/mol. The van der Waals surface area contributed by atoms with E-state index in [2.05, 4.69) is 41.6 Å². The summed E-state index contributed by atoms with van der Waals surface area (Å²) in [6.45, 7) is 11.2. The molecule has 3 fully saturated rings. The van der Waals surface area contributed by atoms with E-state index in [1.54, 1.807) is 29.5 Å². The molecule has 2 aromatic carbocycles. The highest BCUT2D eigenvalue weighted by atomic mass is 32.1. The van der Waals surface area contributed by atoms with Gasteiger partial charge in [0, 0.05) is 61.2 Å². The van der Waals surface area contributed by atoms with Gasteiger partial charge < -0.3 is 39.6 Å². The number of H-pyrrole nitrogens is 1. The quantitative estimate of drug-likeness (QED) is 0.0887. The summed E-state index contributed by atoms with van der Waals surface area (Å²) in [6, 6.07) is 19.9. The van der Waals surface area contributed by atoms with Crippen LogP contribution >= 0.6 is 11.3 Å². The highest BCUT2D eigenvalue weighted by Crippen LogP contribution is 2.58. The van der Waals surface area contributed by atoms with E-state index in [4.69, 9.17) is 9.26 Å². The first kappa shape index (κ1) is 39.8. The molecule has 3 aliphatic rings.